The summed E-state index contributed by atoms with van der Waals surface area (Å²) in [7, 11) is 0. The van der Waals surface area contributed by atoms with Gasteiger partial charge in [0, 0.05) is 12.1 Å². The van der Waals surface area contributed by atoms with E-state index in [2.05, 4.69) is 23.8 Å². The van der Waals surface area contributed by atoms with Crippen LogP contribution < -0.4 is 0 Å². The van der Waals surface area contributed by atoms with E-state index in [4.69, 9.17) is 0 Å². The van der Waals surface area contributed by atoms with Crippen LogP contribution in [0.15, 0.2) is 6.20 Å². The Kier molecular flexibility index (Phi) is 1.51. The third kappa shape index (κ3) is 1.14. The summed E-state index contributed by atoms with van der Waals surface area (Å²) in [6.45, 7) is 4.17. The Morgan fingerprint density at radius 3 is 2.67 bits per heavy atom. The highest BCUT2D eigenvalue weighted by Gasteiger charge is 2.44. The van der Waals surface area contributed by atoms with Crippen molar-refractivity contribution in [2.75, 3.05) is 0 Å². The van der Waals surface area contributed by atoms with Gasteiger partial charge in [-0.25, -0.2) is 4.98 Å². The van der Waals surface area contributed by atoms with Gasteiger partial charge in [-0.2, -0.15) is 0 Å². The first-order valence-electron chi connectivity index (χ1n) is 4.40. The molecule has 0 bridgehead atoms. The number of hydrogen-bond acceptors (Lipinski definition) is 2. The summed E-state index contributed by atoms with van der Waals surface area (Å²) in [5, 5.41) is 9.71. The molecule has 0 radical (unpaired) electrons. The molecule has 0 unspecified atom stereocenters. The maximum absolute atomic E-state index is 9.71. The van der Waals surface area contributed by atoms with E-state index in [0.29, 0.717) is 5.92 Å². The lowest BCUT2D eigenvalue weighted by Crippen LogP contribution is -2.04. The van der Waals surface area contributed by atoms with Gasteiger partial charge >= 0.3 is 0 Å². The van der Waals surface area contributed by atoms with Crippen LogP contribution in [0.3, 0.4) is 0 Å². The molecular formula is C9H14N2O. The monoisotopic (exact) mass is 166 g/mol. The number of aromatic nitrogens is 2. The average Bonchev–Trinajstić information content (AvgIpc) is 2.61. The molecule has 3 nitrogen and oxygen atoms in total. The fraction of sp³-hybridized carbons (Fsp3) is 0.667. The molecule has 1 aromatic rings. The van der Waals surface area contributed by atoms with Crippen molar-refractivity contribution >= 4 is 0 Å². The topological polar surface area (TPSA) is 48.9 Å². The van der Waals surface area contributed by atoms with Crippen molar-refractivity contribution in [1.29, 1.82) is 0 Å². The zero-order chi connectivity index (χ0) is 8.77. The lowest BCUT2D eigenvalue weighted by molar-refractivity contribution is 0.147. The highest BCUT2D eigenvalue weighted by molar-refractivity contribution is 5.18. The fourth-order valence-corrected chi connectivity index (χ4v) is 1.25. The molecule has 1 aliphatic rings. The summed E-state index contributed by atoms with van der Waals surface area (Å²) in [6, 6.07) is 0. The molecule has 1 fully saturated rings. The van der Waals surface area contributed by atoms with E-state index in [9.17, 15) is 5.11 Å². The van der Waals surface area contributed by atoms with Crippen molar-refractivity contribution in [2.24, 2.45) is 0 Å². The Labute approximate surface area is 71.8 Å². The van der Waals surface area contributed by atoms with Crippen LogP contribution in [0.1, 0.15) is 44.1 Å². The molecule has 2 N–H and O–H groups in total. The molecule has 0 spiro atoms. The van der Waals surface area contributed by atoms with Crippen LogP contribution in [0.5, 0.6) is 0 Å². The smallest absolute Gasteiger partial charge is 0.109 e. The molecule has 12 heavy (non-hydrogen) atoms. The molecule has 0 aliphatic heterocycles. The van der Waals surface area contributed by atoms with Gasteiger partial charge in [-0.3, -0.25) is 0 Å². The maximum atomic E-state index is 9.71. The maximum Gasteiger partial charge on any atom is 0.109 e. The van der Waals surface area contributed by atoms with Crippen molar-refractivity contribution in [3.63, 3.8) is 0 Å². The fourth-order valence-electron chi connectivity index (χ4n) is 1.25. The molecule has 0 atom stereocenters. The van der Waals surface area contributed by atoms with E-state index in [0.717, 1.165) is 24.4 Å². The Morgan fingerprint density at radius 1 is 1.58 bits per heavy atom. The Morgan fingerprint density at radius 2 is 2.25 bits per heavy atom. The average molecular weight is 166 g/mol. The number of nitrogens with one attached hydrogen (secondary N) is 1. The minimum absolute atomic E-state index is 0.404. The zero-order valence-corrected chi connectivity index (χ0v) is 7.46. The molecule has 66 valence electrons. The Balaban J connectivity index is 2.25. The summed E-state index contributed by atoms with van der Waals surface area (Å²) in [4.78, 5) is 7.42. The van der Waals surface area contributed by atoms with Crippen LogP contribution >= 0.6 is 0 Å². The standard InChI is InChI=1S/C9H14N2O/c1-6(2)8-10-5-7(11-8)9(12)3-4-9/h5-6,12H,3-4H2,1-2H3,(H,10,11). The van der Waals surface area contributed by atoms with Crippen LogP contribution in [-0.2, 0) is 5.60 Å². The van der Waals surface area contributed by atoms with Crippen LogP contribution in [0, 0.1) is 0 Å². The molecule has 0 saturated heterocycles. The van der Waals surface area contributed by atoms with E-state index >= 15 is 0 Å². The van der Waals surface area contributed by atoms with Gasteiger partial charge in [0.2, 0.25) is 0 Å². The normalized spacial score (nSPS) is 20.0. The van der Waals surface area contributed by atoms with Gasteiger partial charge in [-0.15, -0.1) is 0 Å². The molecule has 2 rings (SSSR count). The number of H-pyrrole nitrogens is 1. The first kappa shape index (κ1) is 7.80. The Hall–Kier alpha value is -0.830. The predicted octanol–water partition coefficient (Wildman–Crippen LogP) is 1.51. The van der Waals surface area contributed by atoms with Gasteiger partial charge in [-0.1, -0.05) is 13.8 Å². The summed E-state index contributed by atoms with van der Waals surface area (Å²) in [5.74, 6) is 1.37. The van der Waals surface area contributed by atoms with Gasteiger partial charge in [0.1, 0.15) is 11.4 Å². The summed E-state index contributed by atoms with van der Waals surface area (Å²) in [5.41, 5.74) is 0.218. The third-order valence-electron chi connectivity index (χ3n) is 2.34. The second-order valence-corrected chi connectivity index (χ2v) is 3.86. The molecule has 0 aromatic carbocycles. The molecule has 1 saturated carbocycles. The lowest BCUT2D eigenvalue weighted by Gasteiger charge is -2.01. The number of aromatic amines is 1. The van der Waals surface area contributed by atoms with E-state index < -0.39 is 5.60 Å². The molecule has 1 aliphatic carbocycles. The third-order valence-corrected chi connectivity index (χ3v) is 2.34. The summed E-state index contributed by atoms with van der Waals surface area (Å²) < 4.78 is 0. The first-order valence-corrected chi connectivity index (χ1v) is 4.40. The quantitative estimate of drug-likeness (QED) is 0.699. The van der Waals surface area contributed by atoms with E-state index in [1.54, 1.807) is 0 Å². The van der Waals surface area contributed by atoms with Crippen molar-refractivity contribution in [3.05, 3.63) is 17.7 Å². The summed E-state index contributed by atoms with van der Waals surface area (Å²) >= 11 is 0. The molecule has 0 amide bonds. The number of hydrogen-bond donors (Lipinski definition) is 2. The number of rotatable bonds is 2. The van der Waals surface area contributed by atoms with Crippen molar-refractivity contribution in [2.45, 2.75) is 38.2 Å². The van der Waals surface area contributed by atoms with Gasteiger partial charge in [0.05, 0.1) is 5.69 Å². The van der Waals surface area contributed by atoms with Gasteiger partial charge in [-0.05, 0) is 12.8 Å². The SMILES string of the molecule is CC(C)c1nc(C2(O)CC2)c[nH]1. The molecule has 3 heteroatoms. The minimum Gasteiger partial charge on any atom is -0.383 e. The lowest BCUT2D eigenvalue weighted by atomic mass is 10.2. The zero-order valence-electron chi connectivity index (χ0n) is 7.46. The van der Waals surface area contributed by atoms with Crippen LogP contribution in [0.2, 0.25) is 0 Å². The van der Waals surface area contributed by atoms with Crippen LogP contribution in [0.4, 0.5) is 0 Å². The van der Waals surface area contributed by atoms with E-state index in [1.165, 1.54) is 0 Å². The van der Waals surface area contributed by atoms with Gasteiger partial charge < -0.3 is 10.1 Å². The van der Waals surface area contributed by atoms with Crippen molar-refractivity contribution in [3.8, 4) is 0 Å². The summed E-state index contributed by atoms with van der Waals surface area (Å²) in [6.07, 6.45) is 3.53. The van der Waals surface area contributed by atoms with Crippen LogP contribution in [-0.4, -0.2) is 15.1 Å². The molecule has 1 aromatic heterocycles. The molecular weight excluding hydrogens is 152 g/mol. The second kappa shape index (κ2) is 2.33. The number of imidazole rings is 1. The van der Waals surface area contributed by atoms with Gasteiger partial charge in [0.25, 0.3) is 0 Å². The molecule has 1 heterocycles. The highest BCUT2D eigenvalue weighted by Crippen LogP contribution is 2.44. The second-order valence-electron chi connectivity index (χ2n) is 3.86. The van der Waals surface area contributed by atoms with Crippen molar-refractivity contribution < 1.29 is 5.11 Å². The van der Waals surface area contributed by atoms with Crippen LogP contribution in [0.25, 0.3) is 0 Å². The number of aliphatic hydroxyl groups is 1. The predicted molar refractivity (Wildman–Crippen MR) is 45.8 cm³/mol. The largest absolute Gasteiger partial charge is 0.383 e. The van der Waals surface area contributed by atoms with E-state index in [1.807, 2.05) is 6.20 Å². The van der Waals surface area contributed by atoms with Crippen molar-refractivity contribution in [1.82, 2.24) is 9.97 Å². The highest BCUT2D eigenvalue weighted by atomic mass is 16.3. The first-order chi connectivity index (χ1) is 5.62. The van der Waals surface area contributed by atoms with E-state index in [-0.39, 0.29) is 0 Å². The van der Waals surface area contributed by atoms with Gasteiger partial charge in [0.15, 0.2) is 0 Å². The Bertz CT molecular complexity index is 286. The minimum atomic E-state index is -0.594. The number of nitrogens with zero attached hydrogens (tertiary/aromatic N) is 1.